The molecule has 1 N–H and O–H groups in total. The Hall–Kier alpha value is -3.09. The Labute approximate surface area is 183 Å². The zero-order valence-corrected chi connectivity index (χ0v) is 18.5. The largest absolute Gasteiger partial charge is 0.370 e. The molecule has 3 aromatic rings. The lowest BCUT2D eigenvalue weighted by molar-refractivity contribution is -0.126. The second-order valence-electron chi connectivity index (χ2n) is 8.14. The first kappa shape index (κ1) is 21.2. The van der Waals surface area contributed by atoms with E-state index in [4.69, 9.17) is 4.98 Å². The molecule has 0 bridgehead atoms. The number of hydrogen-bond donors (Lipinski definition) is 1. The molecule has 7 heteroatoms. The van der Waals surface area contributed by atoms with Crippen molar-refractivity contribution in [1.82, 2.24) is 25.3 Å². The number of hydrogen-bond acceptors (Lipinski definition) is 6. The van der Waals surface area contributed by atoms with Gasteiger partial charge in [0.1, 0.15) is 5.52 Å². The van der Waals surface area contributed by atoms with Crippen LogP contribution in [-0.2, 0) is 17.6 Å². The van der Waals surface area contributed by atoms with Crippen molar-refractivity contribution in [3.05, 3.63) is 53.7 Å². The Kier molecular flexibility index (Phi) is 6.39. The molecule has 0 unspecified atom stereocenters. The molecule has 0 aliphatic carbocycles. The van der Waals surface area contributed by atoms with Gasteiger partial charge in [0.2, 0.25) is 5.91 Å². The molecule has 1 aliphatic heterocycles. The third-order valence-corrected chi connectivity index (χ3v) is 6.11. The maximum absolute atomic E-state index is 12.8. The fourth-order valence-electron chi connectivity index (χ4n) is 4.19. The van der Waals surface area contributed by atoms with Gasteiger partial charge in [-0.2, -0.15) is 0 Å². The Morgan fingerprint density at radius 3 is 2.58 bits per heavy atom. The number of nitrogens with one attached hydrogen (secondary N) is 1. The first-order valence-corrected chi connectivity index (χ1v) is 11.2. The van der Waals surface area contributed by atoms with E-state index >= 15 is 0 Å². The van der Waals surface area contributed by atoms with Crippen molar-refractivity contribution in [2.75, 3.05) is 18.0 Å². The highest BCUT2D eigenvalue weighted by molar-refractivity contribution is 5.79. The van der Waals surface area contributed by atoms with Crippen LogP contribution >= 0.6 is 0 Å². The quantitative estimate of drug-likeness (QED) is 0.658. The Morgan fingerprint density at radius 2 is 1.90 bits per heavy atom. The van der Waals surface area contributed by atoms with Crippen LogP contribution in [0.4, 0.5) is 5.69 Å². The van der Waals surface area contributed by atoms with Gasteiger partial charge >= 0.3 is 0 Å². The Morgan fingerprint density at radius 1 is 1.16 bits per heavy atom. The summed E-state index contributed by atoms with van der Waals surface area (Å²) >= 11 is 0. The summed E-state index contributed by atoms with van der Waals surface area (Å²) < 4.78 is 0. The van der Waals surface area contributed by atoms with Gasteiger partial charge in [-0.15, -0.1) is 0 Å². The summed E-state index contributed by atoms with van der Waals surface area (Å²) in [5.74, 6) is 0.153. The third-order valence-electron chi connectivity index (χ3n) is 6.11. The SMILES string of the molecule is CCc1nc2cc(N3CCC(C(=O)N[C@H](C)c4cccnc4)CC3)cnc2nc1CC. The minimum atomic E-state index is -0.0386. The average Bonchev–Trinajstić information content (AvgIpc) is 2.83. The molecule has 1 amide bonds. The summed E-state index contributed by atoms with van der Waals surface area (Å²) in [5, 5.41) is 3.14. The fraction of sp³-hybridized carbons (Fsp3) is 0.458. The van der Waals surface area contributed by atoms with Crippen LogP contribution in [0, 0.1) is 5.92 Å². The minimum Gasteiger partial charge on any atom is -0.370 e. The molecular formula is C24H30N6O. The number of nitrogens with zero attached hydrogens (tertiary/aromatic N) is 5. The van der Waals surface area contributed by atoms with E-state index in [1.807, 2.05) is 25.3 Å². The number of carbonyl (C=O) groups is 1. The lowest BCUT2D eigenvalue weighted by Crippen LogP contribution is -2.41. The summed E-state index contributed by atoms with van der Waals surface area (Å²) in [6.45, 7) is 7.86. The molecule has 1 aliphatic rings. The number of pyridine rings is 2. The van der Waals surface area contributed by atoms with Gasteiger partial charge in [-0.1, -0.05) is 19.9 Å². The van der Waals surface area contributed by atoms with Gasteiger partial charge < -0.3 is 10.2 Å². The third kappa shape index (κ3) is 4.65. The van der Waals surface area contributed by atoms with Crippen molar-refractivity contribution in [3.63, 3.8) is 0 Å². The van der Waals surface area contributed by atoms with Gasteiger partial charge in [-0.3, -0.25) is 9.78 Å². The van der Waals surface area contributed by atoms with Crippen LogP contribution in [0.25, 0.3) is 11.2 Å². The standard InChI is InChI=1S/C24H30N6O/c1-4-20-21(5-2)29-23-22(28-20)13-19(15-26-23)30-11-8-17(9-12-30)24(31)27-16(3)18-7-6-10-25-14-18/h6-7,10,13-17H,4-5,8-9,11-12H2,1-3H3,(H,27,31)/t16-/m1/s1. The summed E-state index contributed by atoms with van der Waals surface area (Å²) in [6.07, 6.45) is 8.81. The van der Waals surface area contributed by atoms with Crippen LogP contribution in [0.2, 0.25) is 0 Å². The van der Waals surface area contributed by atoms with E-state index < -0.39 is 0 Å². The molecule has 7 nitrogen and oxygen atoms in total. The van der Waals surface area contributed by atoms with Gasteiger partial charge in [-0.05, 0) is 50.3 Å². The molecule has 3 aromatic heterocycles. The van der Waals surface area contributed by atoms with Gasteiger partial charge in [0.05, 0.1) is 29.3 Å². The summed E-state index contributed by atoms with van der Waals surface area (Å²) in [5.41, 5.74) is 5.70. The smallest absolute Gasteiger partial charge is 0.223 e. The zero-order chi connectivity index (χ0) is 21.8. The number of amides is 1. The normalized spacial score (nSPS) is 15.8. The summed E-state index contributed by atoms with van der Waals surface area (Å²) in [7, 11) is 0. The van der Waals surface area contributed by atoms with E-state index in [0.717, 1.165) is 66.9 Å². The Bertz CT molecular complexity index is 1050. The predicted octanol–water partition coefficient (Wildman–Crippen LogP) is 3.64. The van der Waals surface area contributed by atoms with E-state index in [9.17, 15) is 4.79 Å². The monoisotopic (exact) mass is 418 g/mol. The van der Waals surface area contributed by atoms with Gasteiger partial charge in [-0.25, -0.2) is 15.0 Å². The number of rotatable bonds is 6. The van der Waals surface area contributed by atoms with E-state index in [1.165, 1.54) is 0 Å². The fourth-order valence-corrected chi connectivity index (χ4v) is 4.19. The molecule has 0 radical (unpaired) electrons. The molecule has 1 atom stereocenters. The summed E-state index contributed by atoms with van der Waals surface area (Å²) in [4.78, 5) is 33.2. The van der Waals surface area contributed by atoms with Crippen molar-refractivity contribution in [2.24, 2.45) is 5.92 Å². The van der Waals surface area contributed by atoms with Gasteiger partial charge in [0.15, 0.2) is 5.65 Å². The van der Waals surface area contributed by atoms with Crippen molar-refractivity contribution in [3.8, 4) is 0 Å². The van der Waals surface area contributed by atoms with Crippen molar-refractivity contribution < 1.29 is 4.79 Å². The van der Waals surface area contributed by atoms with Crippen LogP contribution in [0.1, 0.15) is 56.6 Å². The number of aryl methyl sites for hydroxylation is 2. The molecular weight excluding hydrogens is 388 g/mol. The van der Waals surface area contributed by atoms with Gasteiger partial charge in [0.25, 0.3) is 0 Å². The molecule has 31 heavy (non-hydrogen) atoms. The number of piperidine rings is 1. The first-order chi connectivity index (χ1) is 15.1. The molecule has 0 saturated carbocycles. The maximum Gasteiger partial charge on any atom is 0.223 e. The molecule has 1 fully saturated rings. The van der Waals surface area contributed by atoms with Crippen LogP contribution in [0.5, 0.6) is 0 Å². The topological polar surface area (TPSA) is 83.9 Å². The van der Waals surface area contributed by atoms with Crippen LogP contribution in [0.15, 0.2) is 36.8 Å². The molecule has 0 spiro atoms. The first-order valence-electron chi connectivity index (χ1n) is 11.2. The van der Waals surface area contributed by atoms with Crippen molar-refractivity contribution >= 4 is 22.8 Å². The molecule has 1 saturated heterocycles. The van der Waals surface area contributed by atoms with Crippen LogP contribution in [0.3, 0.4) is 0 Å². The number of carbonyl (C=O) groups excluding carboxylic acids is 1. The van der Waals surface area contributed by atoms with Crippen molar-refractivity contribution in [1.29, 1.82) is 0 Å². The summed E-state index contributed by atoms with van der Waals surface area (Å²) in [6, 6.07) is 5.93. The number of fused-ring (bicyclic) bond motifs is 1. The van der Waals surface area contributed by atoms with Crippen LogP contribution in [-0.4, -0.2) is 38.9 Å². The zero-order valence-electron chi connectivity index (χ0n) is 18.5. The molecule has 162 valence electrons. The average molecular weight is 419 g/mol. The lowest BCUT2D eigenvalue weighted by atomic mass is 9.95. The molecule has 4 heterocycles. The molecule has 4 rings (SSSR count). The number of anilines is 1. The van der Waals surface area contributed by atoms with Crippen molar-refractivity contribution in [2.45, 2.75) is 52.5 Å². The van der Waals surface area contributed by atoms with Gasteiger partial charge in [0, 0.05) is 31.4 Å². The minimum absolute atomic E-state index is 0.0300. The number of aromatic nitrogens is 4. The van der Waals surface area contributed by atoms with E-state index in [2.05, 4.69) is 45.1 Å². The maximum atomic E-state index is 12.8. The highest BCUT2D eigenvalue weighted by atomic mass is 16.1. The lowest BCUT2D eigenvalue weighted by Gasteiger charge is -2.33. The predicted molar refractivity (Wildman–Crippen MR) is 122 cm³/mol. The Balaban J connectivity index is 1.40. The second-order valence-corrected chi connectivity index (χ2v) is 8.14. The van der Waals surface area contributed by atoms with E-state index in [-0.39, 0.29) is 17.9 Å². The molecule has 0 aromatic carbocycles. The highest BCUT2D eigenvalue weighted by Gasteiger charge is 2.26. The highest BCUT2D eigenvalue weighted by Crippen LogP contribution is 2.26. The second kappa shape index (κ2) is 9.37. The van der Waals surface area contributed by atoms with Crippen LogP contribution < -0.4 is 10.2 Å². The van der Waals surface area contributed by atoms with E-state index in [0.29, 0.717) is 5.65 Å². The van der Waals surface area contributed by atoms with E-state index in [1.54, 1.807) is 12.4 Å².